The Morgan fingerprint density at radius 3 is 2.76 bits per heavy atom. The van der Waals surface area contributed by atoms with Gasteiger partial charge < -0.3 is 10.1 Å². The lowest BCUT2D eigenvalue weighted by molar-refractivity contribution is 0.0946. The average molecular weight is 413 g/mol. The van der Waals surface area contributed by atoms with E-state index in [1.54, 1.807) is 6.07 Å². The molecule has 1 amide bonds. The van der Waals surface area contributed by atoms with Crippen molar-refractivity contribution in [1.82, 2.24) is 5.32 Å². The van der Waals surface area contributed by atoms with Crippen LogP contribution in [-0.4, -0.2) is 19.1 Å². The SMILES string of the molecule is Cc1cccc(OCCNC(=O)c2cc(Br)ccc2Br)c1. The molecule has 0 aliphatic heterocycles. The van der Waals surface area contributed by atoms with Crippen LogP contribution in [0.15, 0.2) is 51.4 Å². The maximum absolute atomic E-state index is 12.1. The van der Waals surface area contributed by atoms with Crippen molar-refractivity contribution in [2.24, 2.45) is 0 Å². The summed E-state index contributed by atoms with van der Waals surface area (Å²) in [4.78, 5) is 12.1. The van der Waals surface area contributed by atoms with E-state index >= 15 is 0 Å². The summed E-state index contributed by atoms with van der Waals surface area (Å²) in [6.07, 6.45) is 0. The van der Waals surface area contributed by atoms with Crippen LogP contribution >= 0.6 is 31.9 Å². The van der Waals surface area contributed by atoms with Crippen molar-refractivity contribution in [1.29, 1.82) is 0 Å². The maximum atomic E-state index is 12.1. The highest BCUT2D eigenvalue weighted by Crippen LogP contribution is 2.21. The summed E-state index contributed by atoms with van der Waals surface area (Å²) >= 11 is 6.73. The summed E-state index contributed by atoms with van der Waals surface area (Å²) in [6.45, 7) is 2.89. The molecule has 21 heavy (non-hydrogen) atoms. The van der Waals surface area contributed by atoms with E-state index in [1.807, 2.05) is 43.3 Å². The van der Waals surface area contributed by atoms with Gasteiger partial charge in [0.1, 0.15) is 12.4 Å². The fraction of sp³-hybridized carbons (Fsp3) is 0.188. The first-order chi connectivity index (χ1) is 10.1. The highest BCUT2D eigenvalue weighted by molar-refractivity contribution is 9.11. The summed E-state index contributed by atoms with van der Waals surface area (Å²) in [5, 5.41) is 2.84. The summed E-state index contributed by atoms with van der Waals surface area (Å²) < 4.78 is 7.23. The molecule has 0 aliphatic rings. The first-order valence-electron chi connectivity index (χ1n) is 6.49. The van der Waals surface area contributed by atoms with Crippen molar-refractivity contribution in [3.63, 3.8) is 0 Å². The number of carbonyl (C=O) groups excluding carboxylic acids is 1. The molecule has 0 spiro atoms. The van der Waals surface area contributed by atoms with Gasteiger partial charge in [0.15, 0.2) is 0 Å². The van der Waals surface area contributed by atoms with Crippen LogP contribution in [0.5, 0.6) is 5.75 Å². The number of ether oxygens (including phenoxy) is 1. The van der Waals surface area contributed by atoms with Crippen molar-refractivity contribution in [3.8, 4) is 5.75 Å². The number of hydrogen-bond donors (Lipinski definition) is 1. The second-order valence-corrected chi connectivity index (χ2v) is 6.32. The first kappa shape index (κ1) is 16.0. The molecule has 5 heteroatoms. The third kappa shape index (κ3) is 4.86. The van der Waals surface area contributed by atoms with Crippen LogP contribution in [0.4, 0.5) is 0 Å². The van der Waals surface area contributed by atoms with Gasteiger partial charge in [0, 0.05) is 8.95 Å². The quantitative estimate of drug-likeness (QED) is 0.742. The number of benzene rings is 2. The predicted octanol–water partition coefficient (Wildman–Crippen LogP) is 4.33. The number of carbonyl (C=O) groups is 1. The third-order valence-corrected chi connectivity index (χ3v) is 4.00. The molecule has 0 unspecified atom stereocenters. The largest absolute Gasteiger partial charge is 0.492 e. The summed E-state index contributed by atoms with van der Waals surface area (Å²) in [6, 6.07) is 13.3. The van der Waals surface area contributed by atoms with Crippen LogP contribution in [-0.2, 0) is 0 Å². The lowest BCUT2D eigenvalue weighted by Crippen LogP contribution is -2.28. The van der Waals surface area contributed by atoms with Crippen LogP contribution in [0, 0.1) is 6.92 Å². The van der Waals surface area contributed by atoms with Gasteiger partial charge in [-0.3, -0.25) is 4.79 Å². The van der Waals surface area contributed by atoms with Gasteiger partial charge in [-0.25, -0.2) is 0 Å². The van der Waals surface area contributed by atoms with E-state index in [1.165, 1.54) is 0 Å². The molecule has 0 aliphatic carbocycles. The number of aryl methyl sites for hydroxylation is 1. The van der Waals surface area contributed by atoms with Crippen LogP contribution in [0.2, 0.25) is 0 Å². The minimum atomic E-state index is -0.129. The summed E-state index contributed by atoms with van der Waals surface area (Å²) in [5.74, 6) is 0.684. The Bertz CT molecular complexity index is 644. The van der Waals surface area contributed by atoms with Gasteiger partial charge in [0.25, 0.3) is 5.91 Å². The molecule has 3 nitrogen and oxygen atoms in total. The predicted molar refractivity (Wildman–Crippen MR) is 90.8 cm³/mol. The molecule has 0 fully saturated rings. The monoisotopic (exact) mass is 411 g/mol. The van der Waals surface area contributed by atoms with E-state index in [4.69, 9.17) is 4.74 Å². The zero-order valence-corrected chi connectivity index (χ0v) is 14.7. The van der Waals surface area contributed by atoms with E-state index in [-0.39, 0.29) is 5.91 Å². The molecule has 2 rings (SSSR count). The smallest absolute Gasteiger partial charge is 0.252 e. The Morgan fingerprint density at radius 1 is 1.19 bits per heavy atom. The van der Waals surface area contributed by atoms with Gasteiger partial charge in [-0.05, 0) is 58.7 Å². The minimum Gasteiger partial charge on any atom is -0.492 e. The van der Waals surface area contributed by atoms with Gasteiger partial charge in [-0.2, -0.15) is 0 Å². The van der Waals surface area contributed by atoms with Crippen LogP contribution in [0.25, 0.3) is 0 Å². The maximum Gasteiger partial charge on any atom is 0.252 e. The van der Waals surface area contributed by atoms with Crippen LogP contribution in [0.3, 0.4) is 0 Å². The molecule has 2 aromatic carbocycles. The lowest BCUT2D eigenvalue weighted by Gasteiger charge is -2.09. The zero-order chi connectivity index (χ0) is 15.2. The van der Waals surface area contributed by atoms with Crippen molar-refractivity contribution in [2.45, 2.75) is 6.92 Å². The van der Waals surface area contributed by atoms with Gasteiger partial charge in [-0.15, -0.1) is 0 Å². The number of amides is 1. The molecule has 0 radical (unpaired) electrons. The Kier molecular flexibility index (Phi) is 5.82. The number of halogens is 2. The van der Waals surface area contributed by atoms with Gasteiger partial charge >= 0.3 is 0 Å². The van der Waals surface area contributed by atoms with Gasteiger partial charge in [0.05, 0.1) is 12.1 Å². The standard InChI is InChI=1S/C16H15Br2NO2/c1-11-3-2-4-13(9-11)21-8-7-19-16(20)14-10-12(17)5-6-15(14)18/h2-6,9-10H,7-8H2,1H3,(H,19,20). The van der Waals surface area contributed by atoms with Crippen molar-refractivity contribution in [3.05, 3.63) is 62.5 Å². The van der Waals surface area contributed by atoms with Gasteiger partial charge in [-0.1, -0.05) is 28.1 Å². The second kappa shape index (κ2) is 7.61. The molecule has 0 saturated carbocycles. The van der Waals surface area contributed by atoms with Crippen molar-refractivity contribution >= 4 is 37.8 Å². The molecule has 0 bridgehead atoms. The van der Waals surface area contributed by atoms with E-state index in [9.17, 15) is 4.79 Å². The van der Waals surface area contributed by atoms with E-state index in [2.05, 4.69) is 37.2 Å². The molecule has 1 N–H and O–H groups in total. The molecule has 0 atom stereocenters. The average Bonchev–Trinajstić information content (AvgIpc) is 2.46. The molecule has 0 saturated heterocycles. The Balaban J connectivity index is 1.83. The highest BCUT2D eigenvalue weighted by atomic mass is 79.9. The van der Waals surface area contributed by atoms with E-state index < -0.39 is 0 Å². The topological polar surface area (TPSA) is 38.3 Å². The molecule has 110 valence electrons. The normalized spacial score (nSPS) is 10.2. The number of hydrogen-bond acceptors (Lipinski definition) is 2. The van der Waals surface area contributed by atoms with Crippen molar-refractivity contribution < 1.29 is 9.53 Å². The fourth-order valence-corrected chi connectivity index (χ4v) is 2.59. The second-order valence-electron chi connectivity index (χ2n) is 4.55. The molecular formula is C16H15Br2NO2. The van der Waals surface area contributed by atoms with Crippen LogP contribution < -0.4 is 10.1 Å². The van der Waals surface area contributed by atoms with Gasteiger partial charge in [0.2, 0.25) is 0 Å². The number of rotatable bonds is 5. The first-order valence-corrected chi connectivity index (χ1v) is 8.07. The summed E-state index contributed by atoms with van der Waals surface area (Å²) in [5.41, 5.74) is 1.74. The molecule has 2 aromatic rings. The number of nitrogens with one attached hydrogen (secondary N) is 1. The highest BCUT2D eigenvalue weighted by Gasteiger charge is 2.09. The molecule has 0 heterocycles. The van der Waals surface area contributed by atoms with E-state index in [0.29, 0.717) is 18.7 Å². The van der Waals surface area contributed by atoms with Crippen LogP contribution in [0.1, 0.15) is 15.9 Å². The third-order valence-electron chi connectivity index (χ3n) is 2.82. The Morgan fingerprint density at radius 2 is 2.00 bits per heavy atom. The summed E-state index contributed by atoms with van der Waals surface area (Å²) in [7, 11) is 0. The van der Waals surface area contributed by atoms with E-state index in [0.717, 1.165) is 20.3 Å². The lowest BCUT2D eigenvalue weighted by atomic mass is 10.2. The Labute approximate surface area is 141 Å². The molecule has 0 aromatic heterocycles. The van der Waals surface area contributed by atoms with Crippen molar-refractivity contribution in [2.75, 3.05) is 13.2 Å². The zero-order valence-electron chi connectivity index (χ0n) is 11.5. The fourth-order valence-electron chi connectivity index (χ4n) is 1.81. The minimum absolute atomic E-state index is 0.129. The molecular weight excluding hydrogens is 398 g/mol. The Hall–Kier alpha value is -1.33.